The quantitative estimate of drug-likeness (QED) is 0.452. The Morgan fingerprint density at radius 3 is 2.56 bits per heavy atom. The van der Waals surface area contributed by atoms with E-state index < -0.39 is 0 Å². The molecule has 4 rings (SSSR count). The van der Waals surface area contributed by atoms with Crippen LogP contribution < -0.4 is 0 Å². The summed E-state index contributed by atoms with van der Waals surface area (Å²) < 4.78 is 7.34. The predicted octanol–water partition coefficient (Wildman–Crippen LogP) is 4.73. The zero-order valence-electron chi connectivity index (χ0n) is 15.1. The molecular weight excluding hydrogens is 358 g/mol. The first kappa shape index (κ1) is 17.5. The molecule has 0 spiro atoms. The first-order chi connectivity index (χ1) is 13.2. The van der Waals surface area contributed by atoms with Gasteiger partial charge in [0.25, 0.3) is 0 Å². The van der Waals surface area contributed by atoms with E-state index in [-0.39, 0.29) is 0 Å². The van der Waals surface area contributed by atoms with Gasteiger partial charge in [-0.3, -0.25) is 4.57 Å². The number of thioether (sulfide) groups is 1. The number of hydrogen-bond acceptors (Lipinski definition) is 6. The highest BCUT2D eigenvalue weighted by Gasteiger charge is 2.12. The highest BCUT2D eigenvalue weighted by molar-refractivity contribution is 7.98. The van der Waals surface area contributed by atoms with Crippen LogP contribution in [-0.2, 0) is 5.75 Å². The van der Waals surface area contributed by atoms with E-state index in [1.54, 1.807) is 6.33 Å². The minimum Gasteiger partial charge on any atom is -0.338 e. The third kappa shape index (κ3) is 3.93. The lowest BCUT2D eigenvalue weighted by molar-refractivity contribution is 0.391. The summed E-state index contributed by atoms with van der Waals surface area (Å²) >= 11 is 1.51. The number of benzene rings is 2. The van der Waals surface area contributed by atoms with Crippen molar-refractivity contribution in [3.05, 3.63) is 72.4 Å². The van der Waals surface area contributed by atoms with Crippen LogP contribution in [-0.4, -0.2) is 24.9 Å². The third-order valence-electron chi connectivity index (χ3n) is 4.18. The van der Waals surface area contributed by atoms with Gasteiger partial charge in [-0.1, -0.05) is 73.2 Å². The average molecular weight is 377 g/mol. The van der Waals surface area contributed by atoms with Crippen LogP contribution in [0.25, 0.3) is 17.1 Å². The van der Waals surface area contributed by atoms with Gasteiger partial charge in [0.1, 0.15) is 6.33 Å². The summed E-state index contributed by atoms with van der Waals surface area (Å²) in [5, 5.41) is 13.1. The first-order valence-corrected chi connectivity index (χ1v) is 9.70. The molecule has 136 valence electrons. The Balaban J connectivity index is 1.46. The second kappa shape index (κ2) is 7.75. The van der Waals surface area contributed by atoms with Crippen molar-refractivity contribution in [2.24, 2.45) is 0 Å². The number of para-hydroxylation sites is 1. The molecule has 6 nitrogen and oxygen atoms in total. The SMILES string of the molecule is CC(C)c1ccc(-c2noc(CSc3nncn3-c3ccccc3)n2)cc1. The van der Waals surface area contributed by atoms with Gasteiger partial charge in [0.15, 0.2) is 5.16 Å². The molecule has 0 aliphatic carbocycles. The Morgan fingerprint density at radius 2 is 1.81 bits per heavy atom. The number of hydrogen-bond donors (Lipinski definition) is 0. The fraction of sp³-hybridized carbons (Fsp3) is 0.200. The lowest BCUT2D eigenvalue weighted by Crippen LogP contribution is -1.95. The van der Waals surface area contributed by atoms with Crippen molar-refractivity contribution < 1.29 is 4.52 Å². The summed E-state index contributed by atoms with van der Waals surface area (Å²) in [6.45, 7) is 4.35. The smallest absolute Gasteiger partial charge is 0.237 e. The van der Waals surface area contributed by atoms with Crippen molar-refractivity contribution in [2.75, 3.05) is 0 Å². The molecule has 0 fully saturated rings. The second-order valence-corrected chi connectivity index (χ2v) is 7.34. The van der Waals surface area contributed by atoms with Crippen LogP contribution in [0.5, 0.6) is 0 Å². The van der Waals surface area contributed by atoms with Crippen LogP contribution in [0.1, 0.15) is 31.2 Å². The summed E-state index contributed by atoms with van der Waals surface area (Å²) in [4.78, 5) is 4.50. The Morgan fingerprint density at radius 1 is 1.04 bits per heavy atom. The fourth-order valence-corrected chi connectivity index (χ4v) is 3.43. The highest BCUT2D eigenvalue weighted by Crippen LogP contribution is 2.25. The van der Waals surface area contributed by atoms with E-state index in [0.29, 0.717) is 23.4 Å². The molecule has 27 heavy (non-hydrogen) atoms. The average Bonchev–Trinajstić information content (AvgIpc) is 3.36. The molecule has 0 aliphatic heterocycles. The van der Waals surface area contributed by atoms with E-state index in [0.717, 1.165) is 16.4 Å². The van der Waals surface area contributed by atoms with Gasteiger partial charge in [-0.15, -0.1) is 10.2 Å². The minimum absolute atomic E-state index is 0.498. The van der Waals surface area contributed by atoms with Gasteiger partial charge in [0.2, 0.25) is 11.7 Å². The molecule has 0 unspecified atom stereocenters. The van der Waals surface area contributed by atoms with E-state index >= 15 is 0 Å². The monoisotopic (exact) mass is 377 g/mol. The van der Waals surface area contributed by atoms with Crippen LogP contribution in [0, 0.1) is 0 Å². The summed E-state index contributed by atoms with van der Waals surface area (Å²) in [5.41, 5.74) is 3.26. The molecule has 0 amide bonds. The number of aromatic nitrogens is 5. The minimum atomic E-state index is 0.498. The number of rotatable bonds is 6. The normalized spacial score (nSPS) is 11.2. The topological polar surface area (TPSA) is 69.6 Å². The molecule has 2 aromatic heterocycles. The molecular formula is C20H19N5OS. The Bertz CT molecular complexity index is 1010. The number of nitrogens with zero attached hydrogens (tertiary/aromatic N) is 5. The molecule has 0 saturated carbocycles. The maximum atomic E-state index is 5.40. The molecule has 0 aliphatic rings. The molecule has 2 heterocycles. The summed E-state index contributed by atoms with van der Waals surface area (Å²) in [7, 11) is 0. The van der Waals surface area contributed by atoms with E-state index in [1.165, 1.54) is 17.3 Å². The molecule has 0 saturated heterocycles. The molecule has 0 atom stereocenters. The van der Waals surface area contributed by atoms with Crippen molar-refractivity contribution in [1.82, 2.24) is 24.9 Å². The lowest BCUT2D eigenvalue weighted by Gasteiger charge is -2.04. The Labute approximate surface area is 161 Å². The molecule has 0 N–H and O–H groups in total. The van der Waals surface area contributed by atoms with Crippen molar-refractivity contribution in [2.45, 2.75) is 30.7 Å². The summed E-state index contributed by atoms with van der Waals surface area (Å²) in [5.74, 6) is 2.19. The summed E-state index contributed by atoms with van der Waals surface area (Å²) in [6.07, 6.45) is 1.70. The van der Waals surface area contributed by atoms with Crippen molar-refractivity contribution in [3.8, 4) is 17.1 Å². The van der Waals surface area contributed by atoms with Gasteiger partial charge in [0.05, 0.1) is 5.75 Å². The van der Waals surface area contributed by atoms with Gasteiger partial charge < -0.3 is 4.52 Å². The van der Waals surface area contributed by atoms with Gasteiger partial charge in [-0.2, -0.15) is 4.98 Å². The first-order valence-electron chi connectivity index (χ1n) is 8.72. The lowest BCUT2D eigenvalue weighted by atomic mass is 10.0. The zero-order chi connectivity index (χ0) is 18.6. The Hall–Kier alpha value is -2.93. The van der Waals surface area contributed by atoms with Crippen LogP contribution in [0.3, 0.4) is 0 Å². The van der Waals surface area contributed by atoms with E-state index in [2.05, 4.69) is 46.3 Å². The van der Waals surface area contributed by atoms with E-state index in [4.69, 9.17) is 4.52 Å². The largest absolute Gasteiger partial charge is 0.338 e. The molecule has 0 radical (unpaired) electrons. The van der Waals surface area contributed by atoms with Crippen molar-refractivity contribution >= 4 is 11.8 Å². The standard InChI is InChI=1S/C20H19N5OS/c1-14(2)15-8-10-16(11-9-15)19-22-18(26-24-19)12-27-20-23-21-13-25(20)17-6-4-3-5-7-17/h3-11,13-14H,12H2,1-2H3. The van der Waals surface area contributed by atoms with Gasteiger partial charge in [0, 0.05) is 11.3 Å². The van der Waals surface area contributed by atoms with Crippen LogP contribution >= 0.6 is 11.8 Å². The van der Waals surface area contributed by atoms with Gasteiger partial charge >= 0.3 is 0 Å². The van der Waals surface area contributed by atoms with Crippen LogP contribution in [0.2, 0.25) is 0 Å². The predicted molar refractivity (Wildman–Crippen MR) is 105 cm³/mol. The third-order valence-corrected chi connectivity index (χ3v) is 5.11. The van der Waals surface area contributed by atoms with Gasteiger partial charge in [-0.25, -0.2) is 0 Å². The van der Waals surface area contributed by atoms with Crippen LogP contribution in [0.4, 0.5) is 0 Å². The maximum Gasteiger partial charge on any atom is 0.237 e. The highest BCUT2D eigenvalue weighted by atomic mass is 32.2. The van der Waals surface area contributed by atoms with E-state index in [1.807, 2.05) is 47.0 Å². The molecule has 0 bridgehead atoms. The van der Waals surface area contributed by atoms with Crippen molar-refractivity contribution in [1.29, 1.82) is 0 Å². The molecule has 2 aromatic carbocycles. The van der Waals surface area contributed by atoms with E-state index in [9.17, 15) is 0 Å². The summed E-state index contributed by atoms with van der Waals surface area (Å²) in [6, 6.07) is 18.2. The maximum absolute atomic E-state index is 5.40. The van der Waals surface area contributed by atoms with Crippen molar-refractivity contribution in [3.63, 3.8) is 0 Å². The van der Waals surface area contributed by atoms with Crippen LogP contribution in [0.15, 0.2) is 70.6 Å². The molecule has 4 aromatic rings. The van der Waals surface area contributed by atoms with Gasteiger partial charge in [-0.05, 0) is 23.6 Å². The Kier molecular flexibility index (Phi) is 5.02. The molecule has 7 heteroatoms. The fourth-order valence-electron chi connectivity index (χ4n) is 2.66. The zero-order valence-corrected chi connectivity index (χ0v) is 15.9. The second-order valence-electron chi connectivity index (χ2n) is 6.40.